The summed E-state index contributed by atoms with van der Waals surface area (Å²) >= 11 is 7.96. The molecule has 2 fully saturated rings. The monoisotopic (exact) mass is 388 g/mol. The summed E-state index contributed by atoms with van der Waals surface area (Å²) < 4.78 is 5.53. The molecule has 0 aromatic heterocycles. The molecule has 0 saturated carbocycles. The van der Waals surface area contributed by atoms with Crippen molar-refractivity contribution in [2.75, 3.05) is 24.8 Å². The Morgan fingerprint density at radius 3 is 2.65 bits per heavy atom. The molecule has 0 bridgehead atoms. The van der Waals surface area contributed by atoms with Gasteiger partial charge in [-0.15, -0.1) is 11.8 Å². The van der Waals surface area contributed by atoms with Gasteiger partial charge in [0.1, 0.15) is 11.9 Å². The second kappa shape index (κ2) is 7.14. The number of ether oxygens (including phenoxy) is 1. The minimum Gasteiger partial charge on any atom is -0.495 e. The zero-order valence-corrected chi connectivity index (χ0v) is 16.4. The van der Waals surface area contributed by atoms with E-state index in [0.29, 0.717) is 10.8 Å². The number of fused-ring (bicyclic) bond motifs is 1. The van der Waals surface area contributed by atoms with E-state index in [9.17, 15) is 4.79 Å². The van der Waals surface area contributed by atoms with Crippen molar-refractivity contribution < 1.29 is 9.53 Å². The summed E-state index contributed by atoms with van der Waals surface area (Å²) in [7, 11) is 1.62. The number of anilines is 1. The van der Waals surface area contributed by atoms with Crippen molar-refractivity contribution in [3.63, 3.8) is 0 Å². The van der Waals surface area contributed by atoms with Crippen LogP contribution in [0.2, 0.25) is 5.02 Å². The lowest BCUT2D eigenvalue weighted by Gasteiger charge is -2.30. The molecule has 0 radical (unpaired) electrons. The van der Waals surface area contributed by atoms with Crippen LogP contribution in [0.5, 0.6) is 5.75 Å². The number of hydrogen-bond acceptors (Lipinski definition) is 4. The van der Waals surface area contributed by atoms with E-state index >= 15 is 0 Å². The standard InChI is InChI=1S/C20H21ClN2O2S/c1-25-18-10-7-14(21)12-17(18)23-19(13-5-8-15(26-2)9-6-13)22-11-3-4-16(22)20(23)24/h5-10,12,16,19H,3-4,11H2,1-2H3/t16-,19+/m0/s1. The summed E-state index contributed by atoms with van der Waals surface area (Å²) in [5, 5.41) is 0.595. The van der Waals surface area contributed by atoms with Gasteiger partial charge in [-0.05, 0) is 55.0 Å². The molecule has 4 nitrogen and oxygen atoms in total. The van der Waals surface area contributed by atoms with E-state index in [-0.39, 0.29) is 18.1 Å². The van der Waals surface area contributed by atoms with Gasteiger partial charge in [0.2, 0.25) is 5.91 Å². The predicted molar refractivity (Wildman–Crippen MR) is 106 cm³/mol. The Morgan fingerprint density at radius 1 is 1.19 bits per heavy atom. The maximum absolute atomic E-state index is 13.3. The SMILES string of the molecule is COc1ccc(Cl)cc1N1C(=O)[C@@H]2CCCN2[C@H]1c1ccc(SC)cc1. The molecule has 0 spiro atoms. The number of amides is 1. The number of benzene rings is 2. The molecule has 136 valence electrons. The van der Waals surface area contributed by atoms with Crippen LogP contribution < -0.4 is 9.64 Å². The van der Waals surface area contributed by atoms with Gasteiger partial charge in [0.05, 0.1) is 18.8 Å². The molecule has 2 aromatic carbocycles. The van der Waals surface area contributed by atoms with Crippen molar-refractivity contribution in [1.82, 2.24) is 4.90 Å². The van der Waals surface area contributed by atoms with Crippen LogP contribution in [0.4, 0.5) is 5.69 Å². The maximum Gasteiger partial charge on any atom is 0.246 e. The quantitative estimate of drug-likeness (QED) is 0.718. The van der Waals surface area contributed by atoms with Crippen molar-refractivity contribution in [2.24, 2.45) is 0 Å². The molecule has 2 heterocycles. The molecule has 4 rings (SSSR count). The molecule has 1 amide bonds. The minimum absolute atomic E-state index is 0.0658. The highest BCUT2D eigenvalue weighted by Crippen LogP contribution is 2.45. The number of nitrogens with zero attached hydrogens (tertiary/aromatic N) is 2. The number of hydrogen-bond donors (Lipinski definition) is 0. The first-order valence-electron chi connectivity index (χ1n) is 8.70. The lowest BCUT2D eigenvalue weighted by Crippen LogP contribution is -2.32. The van der Waals surface area contributed by atoms with Gasteiger partial charge in [-0.1, -0.05) is 23.7 Å². The first kappa shape index (κ1) is 17.7. The van der Waals surface area contributed by atoms with Crippen LogP contribution in [-0.2, 0) is 4.79 Å². The van der Waals surface area contributed by atoms with Crippen LogP contribution in [0, 0.1) is 0 Å². The second-order valence-electron chi connectivity index (χ2n) is 6.57. The molecule has 2 saturated heterocycles. The Bertz CT molecular complexity index is 827. The molecular formula is C20H21ClN2O2S. The summed E-state index contributed by atoms with van der Waals surface area (Å²) in [6.07, 6.45) is 3.89. The third-order valence-electron chi connectivity index (χ3n) is 5.19. The lowest BCUT2D eigenvalue weighted by atomic mass is 10.1. The first-order chi connectivity index (χ1) is 12.6. The fourth-order valence-corrected chi connectivity index (χ4v) is 4.57. The van der Waals surface area contributed by atoms with Crippen molar-refractivity contribution in [2.45, 2.75) is 29.9 Å². The Balaban J connectivity index is 1.82. The van der Waals surface area contributed by atoms with Crippen LogP contribution >= 0.6 is 23.4 Å². The van der Waals surface area contributed by atoms with Crippen LogP contribution in [0.25, 0.3) is 0 Å². The highest BCUT2D eigenvalue weighted by molar-refractivity contribution is 7.98. The fourth-order valence-electron chi connectivity index (χ4n) is 3.99. The Kier molecular flexibility index (Phi) is 4.86. The van der Waals surface area contributed by atoms with Crippen LogP contribution in [0.1, 0.15) is 24.6 Å². The van der Waals surface area contributed by atoms with Gasteiger partial charge < -0.3 is 4.74 Å². The van der Waals surface area contributed by atoms with Crippen LogP contribution in [0.3, 0.4) is 0 Å². The van der Waals surface area contributed by atoms with Crippen molar-refractivity contribution in [1.29, 1.82) is 0 Å². The average Bonchev–Trinajstić information content (AvgIpc) is 3.24. The molecule has 2 aromatic rings. The largest absolute Gasteiger partial charge is 0.495 e. The number of rotatable bonds is 4. The number of carbonyl (C=O) groups excluding carboxylic acids is 1. The lowest BCUT2D eigenvalue weighted by molar-refractivity contribution is -0.119. The van der Waals surface area contributed by atoms with Gasteiger partial charge in [-0.25, -0.2) is 0 Å². The Labute approximate surface area is 163 Å². The second-order valence-corrected chi connectivity index (χ2v) is 7.88. The van der Waals surface area contributed by atoms with E-state index in [4.69, 9.17) is 16.3 Å². The molecule has 26 heavy (non-hydrogen) atoms. The highest BCUT2D eigenvalue weighted by Gasteiger charge is 2.50. The number of methoxy groups -OCH3 is 1. The van der Waals surface area contributed by atoms with Crippen molar-refractivity contribution in [3.8, 4) is 5.75 Å². The van der Waals surface area contributed by atoms with Gasteiger partial charge in [0.15, 0.2) is 0 Å². The maximum atomic E-state index is 13.3. The van der Waals surface area contributed by atoms with E-state index in [0.717, 1.165) is 30.6 Å². The molecule has 2 aliphatic heterocycles. The van der Waals surface area contributed by atoms with E-state index in [1.54, 1.807) is 24.9 Å². The van der Waals surface area contributed by atoms with Crippen molar-refractivity contribution >= 4 is 35.0 Å². The summed E-state index contributed by atoms with van der Waals surface area (Å²) in [4.78, 5) is 18.6. The first-order valence-corrected chi connectivity index (χ1v) is 10.3. The molecule has 6 heteroatoms. The van der Waals surface area contributed by atoms with E-state index in [2.05, 4.69) is 35.4 Å². The summed E-state index contributed by atoms with van der Waals surface area (Å²) in [6.45, 7) is 0.921. The number of halogens is 1. The fraction of sp³-hybridized carbons (Fsp3) is 0.350. The smallest absolute Gasteiger partial charge is 0.246 e. The zero-order chi connectivity index (χ0) is 18.3. The third kappa shape index (κ3) is 2.88. The Morgan fingerprint density at radius 2 is 1.96 bits per heavy atom. The topological polar surface area (TPSA) is 32.8 Å². The Hall–Kier alpha value is -1.69. The predicted octanol–water partition coefficient (Wildman–Crippen LogP) is 4.58. The summed E-state index contributed by atoms with van der Waals surface area (Å²) in [5.41, 5.74) is 1.85. The molecule has 0 aliphatic carbocycles. The van der Waals surface area contributed by atoms with Gasteiger partial charge in [-0.2, -0.15) is 0 Å². The summed E-state index contributed by atoms with van der Waals surface area (Å²) in [5.74, 6) is 0.789. The minimum atomic E-state index is -0.127. The summed E-state index contributed by atoms with van der Waals surface area (Å²) in [6, 6.07) is 13.8. The molecule has 0 unspecified atom stereocenters. The van der Waals surface area contributed by atoms with Crippen molar-refractivity contribution in [3.05, 3.63) is 53.1 Å². The number of carbonyl (C=O) groups is 1. The van der Waals surface area contributed by atoms with E-state index < -0.39 is 0 Å². The van der Waals surface area contributed by atoms with Gasteiger partial charge in [0.25, 0.3) is 0 Å². The van der Waals surface area contributed by atoms with Crippen LogP contribution in [0.15, 0.2) is 47.4 Å². The molecule has 2 aliphatic rings. The average molecular weight is 389 g/mol. The number of thioether (sulfide) groups is 1. The van der Waals surface area contributed by atoms with Gasteiger partial charge in [-0.3, -0.25) is 14.6 Å². The third-order valence-corrected chi connectivity index (χ3v) is 6.17. The van der Waals surface area contributed by atoms with E-state index in [1.807, 2.05) is 17.0 Å². The van der Waals surface area contributed by atoms with Gasteiger partial charge in [0, 0.05) is 16.5 Å². The molecule has 0 N–H and O–H groups in total. The molecular weight excluding hydrogens is 368 g/mol. The normalized spacial score (nSPS) is 22.7. The van der Waals surface area contributed by atoms with E-state index in [1.165, 1.54) is 4.90 Å². The highest BCUT2D eigenvalue weighted by atomic mass is 35.5. The van der Waals surface area contributed by atoms with Gasteiger partial charge >= 0.3 is 0 Å². The molecule has 2 atom stereocenters. The zero-order valence-electron chi connectivity index (χ0n) is 14.8. The van der Waals surface area contributed by atoms with Crippen LogP contribution in [-0.4, -0.2) is 36.8 Å².